The summed E-state index contributed by atoms with van der Waals surface area (Å²) in [5.41, 5.74) is 3.85. The summed E-state index contributed by atoms with van der Waals surface area (Å²) in [6.07, 6.45) is 1.77. The number of fused-ring (bicyclic) bond motifs is 1. The number of piperazine rings is 1. The van der Waals surface area contributed by atoms with E-state index in [9.17, 15) is 14.4 Å². The highest BCUT2D eigenvalue weighted by atomic mass is 35.5. The van der Waals surface area contributed by atoms with Crippen LogP contribution >= 0.6 is 34.8 Å². The normalized spacial score (nSPS) is 16.2. The molecule has 1 fully saturated rings. The van der Waals surface area contributed by atoms with Gasteiger partial charge in [0.2, 0.25) is 5.91 Å². The third-order valence-electron chi connectivity index (χ3n) is 8.95. The number of nitrogens with one attached hydrogen (secondary N) is 1. The van der Waals surface area contributed by atoms with Gasteiger partial charge in [0.25, 0.3) is 11.8 Å². The zero-order chi connectivity index (χ0) is 33.8. The lowest BCUT2D eigenvalue weighted by Crippen LogP contribution is -2.49. The molecular weight excluding hydrogens is 671 g/mol. The lowest BCUT2D eigenvalue weighted by atomic mass is 9.90. The van der Waals surface area contributed by atoms with Gasteiger partial charge in [0.05, 0.1) is 23.3 Å². The Hall–Kier alpha value is -4.24. The van der Waals surface area contributed by atoms with Gasteiger partial charge in [-0.05, 0) is 91.1 Å². The quantitative estimate of drug-likeness (QED) is 0.210. The Kier molecular flexibility index (Phi) is 10.4. The molecule has 4 aromatic rings. The van der Waals surface area contributed by atoms with Crippen LogP contribution in [0, 0.1) is 0 Å². The topological polar surface area (TPSA) is 82.2 Å². The van der Waals surface area contributed by atoms with Crippen molar-refractivity contribution in [1.82, 2.24) is 4.90 Å². The van der Waals surface area contributed by atoms with Crippen LogP contribution in [0.1, 0.15) is 51.5 Å². The molecule has 2 aliphatic rings. The van der Waals surface area contributed by atoms with E-state index in [0.29, 0.717) is 70.1 Å². The number of anilines is 3. The highest BCUT2D eigenvalue weighted by Crippen LogP contribution is 2.40. The molecule has 2 heterocycles. The number of hydrogen-bond donors (Lipinski definition) is 1. The van der Waals surface area contributed by atoms with Crippen LogP contribution in [0.25, 0.3) is 0 Å². The molecule has 0 spiro atoms. The average Bonchev–Trinajstić information content (AvgIpc) is 3.27. The number of hydrogen-bond acceptors (Lipinski definition) is 5. The van der Waals surface area contributed by atoms with E-state index in [1.807, 2.05) is 41.3 Å². The Bertz CT molecular complexity index is 1830. The van der Waals surface area contributed by atoms with Crippen LogP contribution in [0.3, 0.4) is 0 Å². The Labute approximate surface area is 295 Å². The lowest BCUT2D eigenvalue weighted by Gasteiger charge is -2.36. The molecule has 11 heteroatoms. The first kappa shape index (κ1) is 33.7. The fraction of sp³-hybridized carbons (Fsp3) is 0.270. The van der Waals surface area contributed by atoms with Crippen molar-refractivity contribution in [2.75, 3.05) is 55.0 Å². The first-order valence-corrected chi connectivity index (χ1v) is 17.0. The molecule has 0 aromatic heterocycles. The molecule has 1 N–H and O–H groups in total. The van der Waals surface area contributed by atoms with Crippen LogP contribution in [0.5, 0.6) is 5.75 Å². The van der Waals surface area contributed by atoms with Crippen LogP contribution in [-0.2, 0) is 4.79 Å². The molecule has 3 amide bonds. The number of benzene rings is 4. The molecular formula is C37H35Cl3N4O4. The summed E-state index contributed by atoms with van der Waals surface area (Å²) >= 11 is 18.7. The summed E-state index contributed by atoms with van der Waals surface area (Å²) in [5, 5.41) is 4.41. The van der Waals surface area contributed by atoms with E-state index >= 15 is 0 Å². The van der Waals surface area contributed by atoms with Gasteiger partial charge in [-0.15, -0.1) is 0 Å². The SMILES string of the molecule is COc1cc(NC(=O)c2ccccc2Cl)ccc1C(=O)N1CCCC(CC(=O)N2CCN(c3ccc(Cl)cc3)CC2)c2cc(Cl)ccc21. The van der Waals surface area contributed by atoms with Crippen molar-refractivity contribution in [2.45, 2.75) is 25.2 Å². The van der Waals surface area contributed by atoms with Crippen molar-refractivity contribution in [1.29, 1.82) is 0 Å². The van der Waals surface area contributed by atoms with Gasteiger partial charge in [0, 0.05) is 72.3 Å². The van der Waals surface area contributed by atoms with Gasteiger partial charge in [-0.25, -0.2) is 0 Å². The number of halogens is 3. The van der Waals surface area contributed by atoms with Crippen LogP contribution in [-0.4, -0.2) is 62.5 Å². The molecule has 0 aliphatic carbocycles. The number of methoxy groups -OCH3 is 1. The van der Waals surface area contributed by atoms with Crippen LogP contribution in [0.4, 0.5) is 17.1 Å². The minimum Gasteiger partial charge on any atom is -0.496 e. The van der Waals surface area contributed by atoms with Gasteiger partial charge in [-0.2, -0.15) is 0 Å². The number of rotatable bonds is 7. The molecule has 0 bridgehead atoms. The van der Waals surface area contributed by atoms with Gasteiger partial charge in [-0.1, -0.05) is 46.9 Å². The van der Waals surface area contributed by atoms with Gasteiger partial charge in [0.1, 0.15) is 5.75 Å². The summed E-state index contributed by atoms with van der Waals surface area (Å²) in [4.78, 5) is 46.5. The fourth-order valence-corrected chi connectivity index (χ4v) is 6.96. The second-order valence-corrected chi connectivity index (χ2v) is 13.2. The Morgan fingerprint density at radius 2 is 1.54 bits per heavy atom. The summed E-state index contributed by atoms with van der Waals surface area (Å²) in [7, 11) is 1.48. The molecule has 8 nitrogen and oxygen atoms in total. The molecule has 0 saturated carbocycles. The van der Waals surface area contributed by atoms with E-state index in [2.05, 4.69) is 10.2 Å². The van der Waals surface area contributed by atoms with Crippen molar-refractivity contribution in [2.24, 2.45) is 0 Å². The van der Waals surface area contributed by atoms with E-state index in [-0.39, 0.29) is 23.6 Å². The van der Waals surface area contributed by atoms with Gasteiger partial charge < -0.3 is 24.8 Å². The predicted octanol–water partition coefficient (Wildman–Crippen LogP) is 8.17. The van der Waals surface area contributed by atoms with E-state index in [1.54, 1.807) is 53.4 Å². The number of ether oxygens (including phenoxy) is 1. The standard InChI is InChI=1S/C37H35Cl3N4O4/c1-48-34-23-27(41-36(46)29-6-2-3-7-32(29)40)11-14-30(34)37(47)44-16-4-5-24(31-22-26(39)10-15-33(31)44)21-35(45)43-19-17-42(18-20-43)28-12-8-25(38)9-13-28/h2-3,6-15,22-24H,4-5,16-21H2,1H3,(H,41,46). The van der Waals surface area contributed by atoms with Crippen molar-refractivity contribution in [3.63, 3.8) is 0 Å². The first-order chi connectivity index (χ1) is 23.2. The van der Waals surface area contributed by atoms with Crippen molar-refractivity contribution >= 4 is 69.6 Å². The average molecular weight is 706 g/mol. The summed E-state index contributed by atoms with van der Waals surface area (Å²) in [6, 6.07) is 25.0. The second-order valence-electron chi connectivity index (χ2n) is 11.9. The monoisotopic (exact) mass is 704 g/mol. The molecule has 48 heavy (non-hydrogen) atoms. The van der Waals surface area contributed by atoms with Crippen molar-refractivity contribution in [3.05, 3.63) is 117 Å². The highest BCUT2D eigenvalue weighted by molar-refractivity contribution is 6.34. The third-order valence-corrected chi connectivity index (χ3v) is 9.77. The van der Waals surface area contributed by atoms with Crippen molar-refractivity contribution < 1.29 is 19.1 Å². The fourth-order valence-electron chi connectivity index (χ4n) is 6.43. The zero-order valence-corrected chi connectivity index (χ0v) is 28.7. The first-order valence-electron chi connectivity index (χ1n) is 15.9. The van der Waals surface area contributed by atoms with Crippen LogP contribution in [0.2, 0.25) is 15.1 Å². The highest BCUT2D eigenvalue weighted by Gasteiger charge is 2.32. The molecule has 248 valence electrons. The third kappa shape index (κ3) is 7.41. The minimum atomic E-state index is -0.371. The van der Waals surface area contributed by atoms with Gasteiger partial charge in [-0.3, -0.25) is 14.4 Å². The predicted molar refractivity (Wildman–Crippen MR) is 192 cm³/mol. The smallest absolute Gasteiger partial charge is 0.262 e. The summed E-state index contributed by atoms with van der Waals surface area (Å²) in [5.74, 6) is -0.296. The van der Waals surface area contributed by atoms with E-state index in [4.69, 9.17) is 39.5 Å². The van der Waals surface area contributed by atoms with E-state index in [1.165, 1.54) is 7.11 Å². The zero-order valence-electron chi connectivity index (χ0n) is 26.4. The number of nitrogens with zero attached hydrogens (tertiary/aromatic N) is 3. The number of carbonyl (C=O) groups is 3. The summed E-state index contributed by atoms with van der Waals surface area (Å²) in [6.45, 7) is 3.22. The maximum atomic E-state index is 14.1. The maximum Gasteiger partial charge on any atom is 0.262 e. The molecule has 4 aromatic carbocycles. The van der Waals surface area contributed by atoms with E-state index < -0.39 is 0 Å². The molecule has 1 atom stereocenters. The number of carbonyl (C=O) groups excluding carboxylic acids is 3. The lowest BCUT2D eigenvalue weighted by molar-refractivity contribution is -0.131. The Morgan fingerprint density at radius 3 is 2.27 bits per heavy atom. The van der Waals surface area contributed by atoms with Gasteiger partial charge >= 0.3 is 0 Å². The largest absolute Gasteiger partial charge is 0.496 e. The molecule has 1 unspecified atom stereocenters. The van der Waals surface area contributed by atoms with Crippen LogP contribution < -0.4 is 19.9 Å². The van der Waals surface area contributed by atoms with Crippen LogP contribution in [0.15, 0.2) is 84.9 Å². The van der Waals surface area contributed by atoms with E-state index in [0.717, 1.165) is 36.4 Å². The number of amides is 3. The molecule has 0 radical (unpaired) electrons. The Morgan fingerprint density at radius 1 is 0.812 bits per heavy atom. The Balaban J connectivity index is 1.17. The minimum absolute atomic E-state index is 0.0948. The van der Waals surface area contributed by atoms with Gasteiger partial charge in [0.15, 0.2) is 0 Å². The second kappa shape index (κ2) is 14.9. The van der Waals surface area contributed by atoms with Crippen molar-refractivity contribution in [3.8, 4) is 5.75 Å². The maximum absolute atomic E-state index is 14.1. The molecule has 1 saturated heterocycles. The molecule has 6 rings (SSSR count). The summed E-state index contributed by atoms with van der Waals surface area (Å²) < 4.78 is 5.62. The molecule has 2 aliphatic heterocycles.